The van der Waals surface area contributed by atoms with E-state index in [2.05, 4.69) is 10.6 Å². The lowest BCUT2D eigenvalue weighted by molar-refractivity contribution is -0.384. The molecule has 144 valence electrons. The second-order valence-corrected chi connectivity index (χ2v) is 6.21. The Kier molecular flexibility index (Phi) is 6.46. The molecule has 0 aliphatic carbocycles. The summed E-state index contributed by atoms with van der Waals surface area (Å²) in [5.41, 5.74) is 1.67. The molecule has 0 fully saturated rings. The highest BCUT2D eigenvalue weighted by Gasteiger charge is 2.19. The normalized spacial score (nSPS) is 11.4. The van der Waals surface area contributed by atoms with E-state index in [-0.39, 0.29) is 17.3 Å². The summed E-state index contributed by atoms with van der Waals surface area (Å²) in [5.74, 6) is 0.361. The van der Waals surface area contributed by atoms with Gasteiger partial charge in [0.25, 0.3) is 5.69 Å². The van der Waals surface area contributed by atoms with Crippen LogP contribution in [0.3, 0.4) is 0 Å². The minimum Gasteiger partial charge on any atom is -0.495 e. The summed E-state index contributed by atoms with van der Waals surface area (Å²) >= 11 is 6.09. The molecule has 0 unspecified atom stereocenters. The molecule has 0 heterocycles. The van der Waals surface area contributed by atoms with Gasteiger partial charge in [-0.05, 0) is 31.5 Å². The van der Waals surface area contributed by atoms with E-state index in [1.54, 1.807) is 19.1 Å². The number of nitro benzene ring substituents is 1. The van der Waals surface area contributed by atoms with Crippen molar-refractivity contribution in [3.8, 4) is 11.5 Å². The van der Waals surface area contributed by atoms with Crippen LogP contribution in [-0.4, -0.2) is 31.1 Å². The summed E-state index contributed by atoms with van der Waals surface area (Å²) in [5, 5.41) is 17.2. The third kappa shape index (κ3) is 4.79. The first kappa shape index (κ1) is 20.3. The number of benzene rings is 2. The number of anilines is 2. The molecule has 0 saturated heterocycles. The standard InChI is InChI=1S/C18H20ClN3O5/c1-10-7-15(17(27-4)9-13(10)19)20-11(2)18(23)21-14-6-5-12(22(24)25)8-16(14)26-3/h5-9,11,20H,1-4H3,(H,21,23)/t11-/m0/s1. The molecule has 1 amide bonds. The summed E-state index contributed by atoms with van der Waals surface area (Å²) in [6.07, 6.45) is 0. The quantitative estimate of drug-likeness (QED) is 0.544. The average Bonchev–Trinajstić information content (AvgIpc) is 2.64. The summed E-state index contributed by atoms with van der Waals surface area (Å²) in [6.45, 7) is 3.52. The molecule has 0 radical (unpaired) electrons. The van der Waals surface area contributed by atoms with E-state index in [9.17, 15) is 14.9 Å². The number of hydrogen-bond acceptors (Lipinski definition) is 6. The van der Waals surface area contributed by atoms with E-state index in [4.69, 9.17) is 21.1 Å². The summed E-state index contributed by atoms with van der Waals surface area (Å²) in [6, 6.07) is 6.80. The van der Waals surface area contributed by atoms with Gasteiger partial charge in [-0.1, -0.05) is 11.6 Å². The molecule has 9 heteroatoms. The predicted molar refractivity (Wildman–Crippen MR) is 104 cm³/mol. The van der Waals surface area contributed by atoms with Crippen LogP contribution in [0.4, 0.5) is 17.1 Å². The van der Waals surface area contributed by atoms with Crippen molar-refractivity contribution in [2.45, 2.75) is 19.9 Å². The first-order chi connectivity index (χ1) is 12.8. The lowest BCUT2D eigenvalue weighted by Crippen LogP contribution is -2.32. The Balaban J connectivity index is 2.17. The molecule has 0 bridgehead atoms. The maximum Gasteiger partial charge on any atom is 0.273 e. The monoisotopic (exact) mass is 393 g/mol. The van der Waals surface area contributed by atoms with Crippen molar-refractivity contribution in [1.29, 1.82) is 0 Å². The number of carbonyl (C=O) groups excluding carboxylic acids is 1. The molecule has 2 N–H and O–H groups in total. The summed E-state index contributed by atoms with van der Waals surface area (Å²) in [7, 11) is 2.89. The average molecular weight is 394 g/mol. The van der Waals surface area contributed by atoms with E-state index in [0.717, 1.165) is 5.56 Å². The van der Waals surface area contributed by atoms with Crippen molar-refractivity contribution in [2.24, 2.45) is 0 Å². The van der Waals surface area contributed by atoms with Crippen molar-refractivity contribution in [3.63, 3.8) is 0 Å². The lowest BCUT2D eigenvalue weighted by Gasteiger charge is -2.19. The Labute approximate surface area is 161 Å². The Bertz CT molecular complexity index is 872. The maximum atomic E-state index is 12.5. The second kappa shape index (κ2) is 8.59. The van der Waals surface area contributed by atoms with Crippen molar-refractivity contribution in [2.75, 3.05) is 24.9 Å². The van der Waals surface area contributed by atoms with Crippen LogP contribution in [-0.2, 0) is 4.79 Å². The molecule has 0 aliphatic rings. The van der Waals surface area contributed by atoms with Crippen LogP contribution in [0, 0.1) is 17.0 Å². The number of methoxy groups -OCH3 is 2. The molecular weight excluding hydrogens is 374 g/mol. The van der Waals surface area contributed by atoms with Gasteiger partial charge in [0.05, 0.1) is 36.6 Å². The van der Waals surface area contributed by atoms with Crippen molar-refractivity contribution in [1.82, 2.24) is 0 Å². The zero-order valence-electron chi connectivity index (χ0n) is 15.3. The molecule has 1 atom stereocenters. The summed E-state index contributed by atoms with van der Waals surface area (Å²) < 4.78 is 10.4. The Hall–Kier alpha value is -3.00. The molecule has 2 aromatic carbocycles. The first-order valence-corrected chi connectivity index (χ1v) is 8.38. The second-order valence-electron chi connectivity index (χ2n) is 5.80. The zero-order valence-corrected chi connectivity index (χ0v) is 16.1. The SMILES string of the molecule is COc1cc([N+](=O)[O-])ccc1NC(=O)[C@H](C)Nc1cc(C)c(Cl)cc1OC. The highest BCUT2D eigenvalue weighted by molar-refractivity contribution is 6.31. The lowest BCUT2D eigenvalue weighted by atomic mass is 10.1. The number of nitrogens with one attached hydrogen (secondary N) is 2. The highest BCUT2D eigenvalue weighted by atomic mass is 35.5. The van der Waals surface area contributed by atoms with Gasteiger partial charge in [-0.15, -0.1) is 0 Å². The van der Waals surface area contributed by atoms with Gasteiger partial charge in [0.2, 0.25) is 5.91 Å². The topological polar surface area (TPSA) is 103 Å². The summed E-state index contributed by atoms with van der Waals surface area (Å²) in [4.78, 5) is 22.8. The van der Waals surface area contributed by atoms with Gasteiger partial charge >= 0.3 is 0 Å². The molecular formula is C18H20ClN3O5. The fraction of sp³-hybridized carbons (Fsp3) is 0.278. The maximum absolute atomic E-state index is 12.5. The van der Waals surface area contributed by atoms with Gasteiger partial charge in [0.15, 0.2) is 0 Å². The Morgan fingerprint density at radius 1 is 1.15 bits per heavy atom. The molecule has 0 spiro atoms. The third-order valence-corrected chi connectivity index (χ3v) is 4.31. The number of non-ortho nitro benzene ring substituents is 1. The number of nitrogens with zero attached hydrogens (tertiary/aromatic N) is 1. The minimum absolute atomic E-state index is 0.127. The van der Waals surface area contributed by atoms with Crippen LogP contribution >= 0.6 is 11.6 Å². The number of rotatable bonds is 7. The Morgan fingerprint density at radius 3 is 2.37 bits per heavy atom. The molecule has 0 aliphatic heterocycles. The number of ether oxygens (including phenoxy) is 2. The molecule has 0 aromatic heterocycles. The van der Waals surface area contributed by atoms with Gasteiger partial charge in [-0.25, -0.2) is 0 Å². The molecule has 27 heavy (non-hydrogen) atoms. The smallest absolute Gasteiger partial charge is 0.273 e. The van der Waals surface area contributed by atoms with Gasteiger partial charge in [-0.2, -0.15) is 0 Å². The van der Waals surface area contributed by atoms with Crippen LogP contribution in [0.5, 0.6) is 11.5 Å². The molecule has 8 nitrogen and oxygen atoms in total. The van der Waals surface area contributed by atoms with Gasteiger partial charge < -0.3 is 20.1 Å². The number of aryl methyl sites for hydroxylation is 1. The largest absolute Gasteiger partial charge is 0.495 e. The fourth-order valence-corrected chi connectivity index (χ4v) is 2.54. The number of carbonyl (C=O) groups is 1. The minimum atomic E-state index is -0.626. The predicted octanol–water partition coefficient (Wildman–Crippen LogP) is 4.01. The number of halogens is 1. The van der Waals surface area contributed by atoms with Gasteiger partial charge in [0.1, 0.15) is 17.5 Å². The number of nitro groups is 1. The van der Waals surface area contributed by atoms with Crippen LogP contribution in [0.1, 0.15) is 12.5 Å². The van der Waals surface area contributed by atoms with Crippen LogP contribution in [0.2, 0.25) is 5.02 Å². The number of hydrogen-bond donors (Lipinski definition) is 2. The van der Waals surface area contributed by atoms with E-state index >= 15 is 0 Å². The van der Waals surface area contributed by atoms with E-state index in [1.165, 1.54) is 32.4 Å². The molecule has 0 saturated carbocycles. The fourth-order valence-electron chi connectivity index (χ4n) is 2.38. The zero-order chi connectivity index (χ0) is 20.1. The first-order valence-electron chi connectivity index (χ1n) is 8.00. The van der Waals surface area contributed by atoms with Gasteiger partial charge in [-0.3, -0.25) is 14.9 Å². The van der Waals surface area contributed by atoms with Crippen LogP contribution < -0.4 is 20.1 Å². The van der Waals surface area contributed by atoms with Crippen molar-refractivity contribution < 1.29 is 19.2 Å². The van der Waals surface area contributed by atoms with Crippen LogP contribution in [0.25, 0.3) is 0 Å². The molecule has 2 rings (SSSR count). The Morgan fingerprint density at radius 2 is 1.78 bits per heavy atom. The van der Waals surface area contributed by atoms with Gasteiger partial charge in [0, 0.05) is 17.2 Å². The highest BCUT2D eigenvalue weighted by Crippen LogP contribution is 2.32. The van der Waals surface area contributed by atoms with E-state index in [0.29, 0.717) is 22.1 Å². The van der Waals surface area contributed by atoms with E-state index in [1.807, 2.05) is 6.92 Å². The third-order valence-electron chi connectivity index (χ3n) is 3.90. The number of amides is 1. The molecule has 2 aromatic rings. The van der Waals surface area contributed by atoms with E-state index < -0.39 is 11.0 Å². The van der Waals surface area contributed by atoms with Crippen molar-refractivity contribution in [3.05, 3.63) is 51.0 Å². The van der Waals surface area contributed by atoms with Crippen LogP contribution in [0.15, 0.2) is 30.3 Å². The van der Waals surface area contributed by atoms with Crippen molar-refractivity contribution >= 4 is 34.6 Å².